The van der Waals surface area contributed by atoms with Crippen LogP contribution >= 0.6 is 0 Å². The van der Waals surface area contributed by atoms with Gasteiger partial charge in [0.2, 0.25) is 5.91 Å². The number of amides is 1. The lowest BCUT2D eigenvalue weighted by atomic mass is 10.1. The maximum atomic E-state index is 12.7. The molecular formula is C26H29N3O6. The first-order chi connectivity index (χ1) is 16.9. The summed E-state index contributed by atoms with van der Waals surface area (Å²) in [6.45, 7) is 6.83. The smallest absolute Gasteiger partial charge is 0.340 e. The molecule has 1 N–H and O–H groups in total. The monoisotopic (exact) mass is 479 g/mol. The molecule has 1 aromatic heterocycles. The second-order valence-electron chi connectivity index (χ2n) is 8.28. The Hall–Kier alpha value is -3.85. The highest BCUT2D eigenvalue weighted by Gasteiger charge is 2.19. The summed E-state index contributed by atoms with van der Waals surface area (Å²) in [5, 5.41) is 6.77. The van der Waals surface area contributed by atoms with Gasteiger partial charge in [-0.05, 0) is 49.7 Å². The number of methoxy groups -OCH3 is 1. The number of aryl methyl sites for hydroxylation is 2. The molecule has 4 rings (SSSR count). The summed E-state index contributed by atoms with van der Waals surface area (Å²) in [7, 11) is 1.32. The SMILES string of the molecule is COC(=O)c1cc(N2CCOCC2)ccc1NC(=O)Cc1ccc(OCc2c(C)noc2C)cc1. The molecule has 2 aromatic carbocycles. The Labute approximate surface area is 203 Å². The summed E-state index contributed by atoms with van der Waals surface area (Å²) in [4.78, 5) is 27.3. The molecule has 1 aliphatic rings. The van der Waals surface area contributed by atoms with Crippen molar-refractivity contribution in [3.63, 3.8) is 0 Å². The van der Waals surface area contributed by atoms with Crippen LogP contribution in [0.5, 0.6) is 5.75 Å². The molecule has 35 heavy (non-hydrogen) atoms. The third-order valence-electron chi connectivity index (χ3n) is 5.91. The molecule has 3 aromatic rings. The van der Waals surface area contributed by atoms with E-state index in [1.807, 2.05) is 44.2 Å². The van der Waals surface area contributed by atoms with Crippen molar-refractivity contribution in [3.05, 3.63) is 70.6 Å². The molecular weight excluding hydrogens is 450 g/mol. The van der Waals surface area contributed by atoms with Crippen LogP contribution in [-0.4, -0.2) is 50.4 Å². The van der Waals surface area contributed by atoms with Gasteiger partial charge in [0.15, 0.2) is 0 Å². The number of rotatable bonds is 8. The minimum atomic E-state index is -0.504. The van der Waals surface area contributed by atoms with Gasteiger partial charge < -0.3 is 29.0 Å². The minimum Gasteiger partial charge on any atom is -0.489 e. The Balaban J connectivity index is 1.38. The number of hydrogen-bond donors (Lipinski definition) is 1. The number of esters is 1. The van der Waals surface area contributed by atoms with Gasteiger partial charge in [0.1, 0.15) is 18.1 Å². The number of morpholine rings is 1. The molecule has 1 amide bonds. The first-order valence-corrected chi connectivity index (χ1v) is 11.4. The van der Waals surface area contributed by atoms with E-state index in [4.69, 9.17) is 18.7 Å². The van der Waals surface area contributed by atoms with Gasteiger partial charge in [-0.25, -0.2) is 4.79 Å². The lowest BCUT2D eigenvalue weighted by molar-refractivity contribution is -0.115. The molecule has 1 saturated heterocycles. The van der Waals surface area contributed by atoms with Crippen molar-refractivity contribution >= 4 is 23.3 Å². The van der Waals surface area contributed by atoms with E-state index in [1.165, 1.54) is 7.11 Å². The topological polar surface area (TPSA) is 103 Å². The normalized spacial score (nSPS) is 13.4. The number of nitrogens with one attached hydrogen (secondary N) is 1. The standard InChI is InChI=1S/C26H29N3O6/c1-17-23(18(2)35-28-17)16-34-21-7-4-19(5-8-21)14-25(30)27-24-9-6-20(15-22(24)26(31)32-3)29-10-12-33-13-11-29/h4-9,15H,10-14,16H2,1-3H3,(H,27,30). The van der Waals surface area contributed by atoms with Gasteiger partial charge in [0, 0.05) is 18.8 Å². The van der Waals surface area contributed by atoms with E-state index in [-0.39, 0.29) is 12.3 Å². The zero-order chi connectivity index (χ0) is 24.8. The third-order valence-corrected chi connectivity index (χ3v) is 5.91. The van der Waals surface area contributed by atoms with Crippen molar-refractivity contribution in [2.75, 3.05) is 43.6 Å². The van der Waals surface area contributed by atoms with Gasteiger partial charge in [0.05, 0.1) is 49.3 Å². The van der Waals surface area contributed by atoms with Crippen LogP contribution in [0.15, 0.2) is 47.0 Å². The Morgan fingerprint density at radius 3 is 2.49 bits per heavy atom. The third kappa shape index (κ3) is 5.99. The Bertz CT molecular complexity index is 1160. The van der Waals surface area contributed by atoms with Gasteiger partial charge in [0.25, 0.3) is 0 Å². The molecule has 0 saturated carbocycles. The first-order valence-electron chi connectivity index (χ1n) is 11.4. The number of anilines is 2. The van der Waals surface area contributed by atoms with Crippen LogP contribution in [0, 0.1) is 13.8 Å². The van der Waals surface area contributed by atoms with Crippen LogP contribution in [0.1, 0.15) is 32.9 Å². The van der Waals surface area contributed by atoms with E-state index >= 15 is 0 Å². The van der Waals surface area contributed by atoms with Crippen molar-refractivity contribution in [2.24, 2.45) is 0 Å². The van der Waals surface area contributed by atoms with Crippen molar-refractivity contribution in [1.82, 2.24) is 5.16 Å². The van der Waals surface area contributed by atoms with Crippen molar-refractivity contribution in [1.29, 1.82) is 0 Å². The molecule has 0 atom stereocenters. The van der Waals surface area contributed by atoms with E-state index in [9.17, 15) is 9.59 Å². The van der Waals surface area contributed by atoms with Crippen molar-refractivity contribution in [3.8, 4) is 5.75 Å². The second-order valence-corrected chi connectivity index (χ2v) is 8.28. The van der Waals surface area contributed by atoms with Crippen LogP contribution in [-0.2, 0) is 27.3 Å². The number of nitrogens with zero attached hydrogens (tertiary/aromatic N) is 2. The molecule has 184 valence electrons. The van der Waals surface area contributed by atoms with Gasteiger partial charge in [-0.2, -0.15) is 0 Å². The average Bonchev–Trinajstić information content (AvgIpc) is 3.20. The fraction of sp³-hybridized carbons (Fsp3) is 0.346. The summed E-state index contributed by atoms with van der Waals surface area (Å²) < 4.78 is 21.3. The summed E-state index contributed by atoms with van der Waals surface area (Å²) >= 11 is 0. The van der Waals surface area contributed by atoms with Crippen molar-refractivity contribution < 1.29 is 28.3 Å². The highest BCUT2D eigenvalue weighted by Crippen LogP contribution is 2.25. The molecule has 0 unspecified atom stereocenters. The number of hydrogen-bond acceptors (Lipinski definition) is 8. The zero-order valence-corrected chi connectivity index (χ0v) is 20.1. The highest BCUT2D eigenvalue weighted by molar-refractivity contribution is 6.02. The Morgan fingerprint density at radius 1 is 1.09 bits per heavy atom. The van der Waals surface area contributed by atoms with Crippen LogP contribution in [0.2, 0.25) is 0 Å². The quantitative estimate of drug-likeness (QED) is 0.488. The maximum Gasteiger partial charge on any atom is 0.340 e. The molecule has 0 spiro atoms. The van der Waals surface area contributed by atoms with Crippen LogP contribution < -0.4 is 15.0 Å². The molecule has 9 nitrogen and oxygen atoms in total. The maximum absolute atomic E-state index is 12.7. The van der Waals surface area contributed by atoms with Gasteiger partial charge in [-0.3, -0.25) is 4.79 Å². The summed E-state index contributed by atoms with van der Waals surface area (Å²) in [6.07, 6.45) is 0.149. The second kappa shape index (κ2) is 11.1. The van der Waals surface area contributed by atoms with E-state index in [1.54, 1.807) is 12.1 Å². The van der Waals surface area contributed by atoms with Crippen molar-refractivity contribution in [2.45, 2.75) is 26.9 Å². The minimum absolute atomic E-state index is 0.149. The number of carbonyl (C=O) groups is 2. The number of aromatic nitrogens is 1. The molecule has 0 bridgehead atoms. The fourth-order valence-corrected chi connectivity index (χ4v) is 3.89. The van der Waals surface area contributed by atoms with E-state index in [0.717, 1.165) is 41.4 Å². The van der Waals surface area contributed by atoms with Gasteiger partial charge >= 0.3 is 5.97 Å². The van der Waals surface area contributed by atoms with E-state index in [2.05, 4.69) is 15.4 Å². The lowest BCUT2D eigenvalue weighted by Crippen LogP contribution is -2.36. The zero-order valence-electron chi connectivity index (χ0n) is 20.1. The predicted octanol–water partition coefficient (Wildman–Crippen LogP) is 3.67. The Morgan fingerprint density at radius 2 is 1.83 bits per heavy atom. The molecule has 1 fully saturated rings. The van der Waals surface area contributed by atoms with E-state index in [0.29, 0.717) is 36.8 Å². The molecule has 9 heteroatoms. The highest BCUT2D eigenvalue weighted by atomic mass is 16.5. The molecule has 1 aliphatic heterocycles. The molecule has 0 radical (unpaired) electrons. The van der Waals surface area contributed by atoms with Gasteiger partial charge in [-0.1, -0.05) is 17.3 Å². The van der Waals surface area contributed by atoms with Gasteiger partial charge in [-0.15, -0.1) is 0 Å². The first kappa shape index (κ1) is 24.3. The largest absolute Gasteiger partial charge is 0.489 e. The number of carbonyl (C=O) groups excluding carboxylic acids is 2. The summed E-state index contributed by atoms with van der Waals surface area (Å²) in [5.41, 5.74) is 4.16. The summed E-state index contributed by atoms with van der Waals surface area (Å²) in [6, 6.07) is 12.7. The summed E-state index contributed by atoms with van der Waals surface area (Å²) in [5.74, 6) is 0.676. The lowest BCUT2D eigenvalue weighted by Gasteiger charge is -2.29. The number of benzene rings is 2. The number of ether oxygens (including phenoxy) is 3. The Kier molecular flexibility index (Phi) is 7.67. The van der Waals surface area contributed by atoms with E-state index < -0.39 is 5.97 Å². The molecule has 0 aliphatic carbocycles. The van der Waals surface area contributed by atoms with Crippen LogP contribution in [0.3, 0.4) is 0 Å². The fourth-order valence-electron chi connectivity index (χ4n) is 3.89. The predicted molar refractivity (Wildman–Crippen MR) is 130 cm³/mol. The van der Waals surface area contributed by atoms with Crippen LogP contribution in [0.25, 0.3) is 0 Å². The van der Waals surface area contributed by atoms with Crippen LogP contribution in [0.4, 0.5) is 11.4 Å². The molecule has 2 heterocycles. The average molecular weight is 480 g/mol.